The van der Waals surface area contributed by atoms with Crippen LogP contribution in [0.15, 0.2) is 53.6 Å². The molecule has 0 saturated heterocycles. The van der Waals surface area contributed by atoms with E-state index < -0.39 is 11.4 Å². The summed E-state index contributed by atoms with van der Waals surface area (Å²) in [5.74, 6) is 0.205. The van der Waals surface area contributed by atoms with Gasteiger partial charge < -0.3 is 5.11 Å². The summed E-state index contributed by atoms with van der Waals surface area (Å²) >= 11 is 0. The molecule has 2 heteroatoms. The lowest BCUT2D eigenvalue weighted by atomic mass is 9.49. The van der Waals surface area contributed by atoms with Gasteiger partial charge in [-0.25, -0.2) is 0 Å². The first-order valence-corrected chi connectivity index (χ1v) is 9.40. The van der Waals surface area contributed by atoms with Gasteiger partial charge in [0.25, 0.3) is 0 Å². The number of aliphatic carboxylic acids is 1. The first-order chi connectivity index (χ1) is 11.8. The Bertz CT molecular complexity index is 707. The number of carboxylic acids is 1. The van der Waals surface area contributed by atoms with Gasteiger partial charge in [-0.2, -0.15) is 0 Å². The molecule has 2 aliphatic rings. The molecular weight excluding hydrogens is 308 g/mol. The molecule has 0 aliphatic heterocycles. The summed E-state index contributed by atoms with van der Waals surface area (Å²) in [6, 6.07) is 10.6. The highest BCUT2D eigenvalue weighted by atomic mass is 16.4. The minimum absolute atomic E-state index is 0.0148. The van der Waals surface area contributed by atoms with Crippen LogP contribution in [0.25, 0.3) is 0 Å². The summed E-state index contributed by atoms with van der Waals surface area (Å²) in [6.45, 7) is 8.49. The second-order valence-electron chi connectivity index (χ2n) is 8.81. The van der Waals surface area contributed by atoms with Gasteiger partial charge in [-0.15, -0.1) is 0 Å². The topological polar surface area (TPSA) is 37.3 Å². The molecule has 1 aromatic carbocycles. The third-order valence-electron chi connectivity index (χ3n) is 6.31. The first-order valence-electron chi connectivity index (χ1n) is 9.40. The first kappa shape index (κ1) is 18.0. The van der Waals surface area contributed by atoms with E-state index in [1.165, 1.54) is 16.7 Å². The Balaban J connectivity index is 2.08. The zero-order valence-corrected chi connectivity index (χ0v) is 15.9. The van der Waals surface area contributed by atoms with Gasteiger partial charge in [-0.05, 0) is 69.3 Å². The van der Waals surface area contributed by atoms with Crippen molar-refractivity contribution < 1.29 is 9.90 Å². The number of hydrogen-bond donors (Lipinski definition) is 1. The average molecular weight is 338 g/mol. The van der Waals surface area contributed by atoms with Crippen molar-refractivity contribution in [2.24, 2.45) is 17.3 Å². The van der Waals surface area contributed by atoms with E-state index in [-0.39, 0.29) is 5.41 Å². The molecule has 2 bridgehead atoms. The SMILES string of the molecule is CC(C)=C/C=C1\C(C)CC2(c3ccccc3)CC1CC(C)(C(=O)O)C2. The van der Waals surface area contributed by atoms with Gasteiger partial charge in [0.1, 0.15) is 0 Å². The predicted octanol–water partition coefficient (Wildman–Crippen LogP) is 5.75. The van der Waals surface area contributed by atoms with Gasteiger partial charge >= 0.3 is 5.97 Å². The molecule has 0 heterocycles. The van der Waals surface area contributed by atoms with Gasteiger partial charge in [-0.1, -0.05) is 60.6 Å². The van der Waals surface area contributed by atoms with Crippen LogP contribution < -0.4 is 0 Å². The summed E-state index contributed by atoms with van der Waals surface area (Å²) in [5, 5.41) is 9.95. The Morgan fingerprint density at radius 3 is 2.44 bits per heavy atom. The highest BCUT2D eigenvalue weighted by molar-refractivity contribution is 5.75. The molecule has 4 atom stereocenters. The van der Waals surface area contributed by atoms with Crippen molar-refractivity contribution in [2.75, 3.05) is 0 Å². The lowest BCUT2D eigenvalue weighted by Gasteiger charge is -2.54. The predicted molar refractivity (Wildman–Crippen MR) is 102 cm³/mol. The van der Waals surface area contributed by atoms with Crippen LogP contribution in [-0.4, -0.2) is 11.1 Å². The number of hydrogen-bond acceptors (Lipinski definition) is 1. The lowest BCUT2D eigenvalue weighted by molar-refractivity contribution is -0.153. The van der Waals surface area contributed by atoms with E-state index in [1.807, 2.05) is 13.0 Å². The number of benzene rings is 1. The van der Waals surface area contributed by atoms with Crippen LogP contribution in [0.1, 0.15) is 58.9 Å². The highest BCUT2D eigenvalue weighted by Gasteiger charge is 2.54. The average Bonchev–Trinajstić information content (AvgIpc) is 2.54. The molecule has 2 saturated carbocycles. The third kappa shape index (κ3) is 3.31. The molecule has 134 valence electrons. The summed E-state index contributed by atoms with van der Waals surface area (Å²) in [7, 11) is 0. The summed E-state index contributed by atoms with van der Waals surface area (Å²) in [4.78, 5) is 12.1. The lowest BCUT2D eigenvalue weighted by Crippen LogP contribution is -2.50. The third-order valence-corrected chi connectivity index (χ3v) is 6.31. The molecule has 25 heavy (non-hydrogen) atoms. The van der Waals surface area contributed by atoms with E-state index in [2.05, 4.69) is 57.2 Å². The molecule has 4 unspecified atom stereocenters. The van der Waals surface area contributed by atoms with E-state index >= 15 is 0 Å². The minimum Gasteiger partial charge on any atom is -0.481 e. The Labute approximate surface area is 151 Å². The zero-order chi connectivity index (χ0) is 18.2. The van der Waals surface area contributed by atoms with E-state index in [0.29, 0.717) is 11.8 Å². The van der Waals surface area contributed by atoms with Crippen molar-refractivity contribution in [3.8, 4) is 0 Å². The second kappa shape index (κ2) is 6.48. The molecular formula is C23H30O2. The molecule has 2 aliphatic carbocycles. The Hall–Kier alpha value is -1.83. The number of rotatable bonds is 3. The fourth-order valence-corrected chi connectivity index (χ4v) is 5.33. The number of carboxylic acid groups (broad SMARTS) is 1. The van der Waals surface area contributed by atoms with Crippen molar-refractivity contribution in [1.82, 2.24) is 0 Å². The van der Waals surface area contributed by atoms with E-state index in [1.54, 1.807) is 0 Å². The Morgan fingerprint density at radius 1 is 1.16 bits per heavy atom. The van der Waals surface area contributed by atoms with Crippen LogP contribution in [-0.2, 0) is 10.2 Å². The number of carbonyl (C=O) groups is 1. The van der Waals surface area contributed by atoms with Crippen LogP contribution in [0, 0.1) is 17.3 Å². The summed E-state index contributed by atoms with van der Waals surface area (Å²) in [5.41, 5.74) is 3.39. The zero-order valence-electron chi connectivity index (χ0n) is 15.9. The molecule has 0 spiro atoms. The van der Waals surface area contributed by atoms with Crippen molar-refractivity contribution in [3.05, 3.63) is 59.2 Å². The molecule has 3 rings (SSSR count). The van der Waals surface area contributed by atoms with Crippen LogP contribution >= 0.6 is 0 Å². The van der Waals surface area contributed by atoms with Crippen molar-refractivity contribution in [2.45, 2.75) is 58.8 Å². The largest absolute Gasteiger partial charge is 0.481 e. The van der Waals surface area contributed by atoms with Crippen LogP contribution in [0.4, 0.5) is 0 Å². The number of allylic oxidation sites excluding steroid dienone is 4. The molecule has 0 amide bonds. The summed E-state index contributed by atoms with van der Waals surface area (Å²) in [6.07, 6.45) is 8.08. The van der Waals surface area contributed by atoms with Gasteiger partial charge in [-0.3, -0.25) is 4.79 Å². The van der Waals surface area contributed by atoms with Crippen LogP contribution in [0.2, 0.25) is 0 Å². The van der Waals surface area contributed by atoms with Gasteiger partial charge in [0.15, 0.2) is 0 Å². The summed E-state index contributed by atoms with van der Waals surface area (Å²) < 4.78 is 0. The van der Waals surface area contributed by atoms with Gasteiger partial charge in [0, 0.05) is 0 Å². The maximum Gasteiger partial charge on any atom is 0.309 e. The highest BCUT2D eigenvalue weighted by Crippen LogP contribution is 2.59. The van der Waals surface area contributed by atoms with Gasteiger partial charge in [0.05, 0.1) is 5.41 Å². The molecule has 0 aromatic heterocycles. The van der Waals surface area contributed by atoms with E-state index in [4.69, 9.17) is 0 Å². The second-order valence-corrected chi connectivity index (χ2v) is 8.81. The molecule has 1 aromatic rings. The van der Waals surface area contributed by atoms with Crippen molar-refractivity contribution in [3.63, 3.8) is 0 Å². The Morgan fingerprint density at radius 2 is 1.84 bits per heavy atom. The van der Waals surface area contributed by atoms with Crippen LogP contribution in [0.3, 0.4) is 0 Å². The maximum atomic E-state index is 12.1. The molecule has 2 nitrogen and oxygen atoms in total. The monoisotopic (exact) mass is 338 g/mol. The Kier molecular flexibility index (Phi) is 4.66. The molecule has 0 radical (unpaired) electrons. The van der Waals surface area contributed by atoms with E-state index in [9.17, 15) is 9.90 Å². The number of fused-ring (bicyclic) bond motifs is 2. The van der Waals surface area contributed by atoms with E-state index in [0.717, 1.165) is 25.7 Å². The normalized spacial score (nSPS) is 36.1. The standard InChI is InChI=1S/C23H30O2/c1-16(2)10-11-20-17(3)12-23(19-8-6-5-7-9-19)14-18(20)13-22(4,15-23)21(24)25/h5-11,17-18H,12-15H2,1-4H3,(H,24,25)/b20-11+. The van der Waals surface area contributed by atoms with Crippen LogP contribution in [0.5, 0.6) is 0 Å². The fraction of sp³-hybridized carbons (Fsp3) is 0.522. The van der Waals surface area contributed by atoms with Gasteiger partial charge in [0.2, 0.25) is 0 Å². The maximum absolute atomic E-state index is 12.1. The van der Waals surface area contributed by atoms with Crippen molar-refractivity contribution >= 4 is 5.97 Å². The quantitative estimate of drug-likeness (QED) is 0.762. The molecule has 1 N–H and O–H groups in total. The fourth-order valence-electron chi connectivity index (χ4n) is 5.33. The molecule has 2 fully saturated rings. The minimum atomic E-state index is -0.650. The van der Waals surface area contributed by atoms with Crippen molar-refractivity contribution in [1.29, 1.82) is 0 Å². The smallest absolute Gasteiger partial charge is 0.309 e.